The van der Waals surface area contributed by atoms with Crippen molar-refractivity contribution in [2.75, 3.05) is 6.54 Å². The smallest absolute Gasteiger partial charge is 0.00205 e. The molecule has 0 atom stereocenters. The zero-order valence-corrected chi connectivity index (χ0v) is 10.7. The molecule has 0 bridgehead atoms. The van der Waals surface area contributed by atoms with E-state index in [-0.39, 0.29) is 0 Å². The molecule has 0 aromatic carbocycles. The van der Waals surface area contributed by atoms with Crippen LogP contribution < -0.4 is 5.73 Å². The molecular formula is C14H29N. The molecule has 1 nitrogen and oxygen atoms in total. The first-order chi connectivity index (χ1) is 7.26. The first-order valence-corrected chi connectivity index (χ1v) is 6.96. The number of nitrogens with two attached hydrogens (primary N) is 1. The van der Waals surface area contributed by atoms with Crippen molar-refractivity contribution in [2.45, 2.75) is 71.6 Å². The van der Waals surface area contributed by atoms with E-state index >= 15 is 0 Å². The molecule has 1 saturated carbocycles. The SMILES string of the molecule is CCCCC1(CN)CCC(CCC)CC1. The van der Waals surface area contributed by atoms with Crippen LogP contribution in [0, 0.1) is 11.3 Å². The highest BCUT2D eigenvalue weighted by Gasteiger charge is 2.32. The van der Waals surface area contributed by atoms with Crippen molar-refractivity contribution in [3.05, 3.63) is 0 Å². The van der Waals surface area contributed by atoms with E-state index in [4.69, 9.17) is 5.73 Å². The van der Waals surface area contributed by atoms with Crippen molar-refractivity contribution in [3.63, 3.8) is 0 Å². The van der Waals surface area contributed by atoms with Crippen LogP contribution in [-0.4, -0.2) is 6.54 Å². The maximum Gasteiger partial charge on any atom is -0.00205 e. The summed E-state index contributed by atoms with van der Waals surface area (Å²) in [5, 5.41) is 0. The van der Waals surface area contributed by atoms with E-state index in [0.29, 0.717) is 5.41 Å². The van der Waals surface area contributed by atoms with E-state index in [1.807, 2.05) is 0 Å². The van der Waals surface area contributed by atoms with Crippen LogP contribution in [0.1, 0.15) is 71.6 Å². The van der Waals surface area contributed by atoms with Gasteiger partial charge in [-0.1, -0.05) is 39.5 Å². The van der Waals surface area contributed by atoms with Gasteiger partial charge < -0.3 is 5.73 Å². The second-order valence-corrected chi connectivity index (χ2v) is 5.54. The van der Waals surface area contributed by atoms with E-state index in [9.17, 15) is 0 Å². The van der Waals surface area contributed by atoms with Crippen LogP contribution in [0.25, 0.3) is 0 Å². The Kier molecular flexibility index (Phi) is 5.66. The van der Waals surface area contributed by atoms with E-state index in [2.05, 4.69) is 13.8 Å². The lowest BCUT2D eigenvalue weighted by Gasteiger charge is -2.39. The fourth-order valence-electron chi connectivity index (χ4n) is 3.09. The summed E-state index contributed by atoms with van der Waals surface area (Å²) < 4.78 is 0. The molecule has 1 aliphatic rings. The third-order valence-electron chi connectivity index (χ3n) is 4.36. The molecule has 0 amide bonds. The summed E-state index contributed by atoms with van der Waals surface area (Å²) in [5.41, 5.74) is 6.53. The standard InChI is InChI=1S/C14H29N/c1-3-5-9-14(12-15)10-7-13(6-4-2)8-11-14/h13H,3-12,15H2,1-2H3. The molecule has 1 aliphatic carbocycles. The minimum absolute atomic E-state index is 0.528. The van der Waals surface area contributed by atoms with E-state index in [0.717, 1.165) is 12.5 Å². The van der Waals surface area contributed by atoms with Crippen molar-refractivity contribution in [3.8, 4) is 0 Å². The van der Waals surface area contributed by atoms with E-state index < -0.39 is 0 Å². The summed E-state index contributed by atoms with van der Waals surface area (Å²) in [7, 11) is 0. The summed E-state index contributed by atoms with van der Waals surface area (Å²) in [6, 6.07) is 0. The third-order valence-corrected chi connectivity index (χ3v) is 4.36. The van der Waals surface area contributed by atoms with Gasteiger partial charge in [0.1, 0.15) is 0 Å². The van der Waals surface area contributed by atoms with Gasteiger partial charge in [0.25, 0.3) is 0 Å². The Balaban J connectivity index is 2.36. The molecule has 0 saturated heterocycles. The lowest BCUT2D eigenvalue weighted by atomic mass is 9.67. The van der Waals surface area contributed by atoms with Crippen LogP contribution in [0.15, 0.2) is 0 Å². The van der Waals surface area contributed by atoms with Gasteiger partial charge in [0, 0.05) is 0 Å². The monoisotopic (exact) mass is 211 g/mol. The van der Waals surface area contributed by atoms with Crippen molar-refractivity contribution in [1.82, 2.24) is 0 Å². The van der Waals surface area contributed by atoms with Crippen LogP contribution in [0.4, 0.5) is 0 Å². The topological polar surface area (TPSA) is 26.0 Å². The molecule has 0 aliphatic heterocycles. The number of unbranched alkanes of at least 4 members (excludes halogenated alkanes) is 1. The molecule has 15 heavy (non-hydrogen) atoms. The molecule has 0 unspecified atom stereocenters. The first-order valence-electron chi connectivity index (χ1n) is 6.96. The van der Waals surface area contributed by atoms with Gasteiger partial charge in [-0.05, 0) is 50.0 Å². The average Bonchev–Trinajstić information content (AvgIpc) is 2.29. The fourth-order valence-corrected chi connectivity index (χ4v) is 3.09. The van der Waals surface area contributed by atoms with Gasteiger partial charge >= 0.3 is 0 Å². The predicted molar refractivity (Wildman–Crippen MR) is 67.9 cm³/mol. The summed E-state index contributed by atoms with van der Waals surface area (Å²) >= 11 is 0. The maximum absolute atomic E-state index is 6.00. The normalized spacial score (nSPS) is 31.8. The maximum atomic E-state index is 6.00. The van der Waals surface area contributed by atoms with Crippen molar-refractivity contribution in [1.29, 1.82) is 0 Å². The number of hydrogen-bond donors (Lipinski definition) is 1. The van der Waals surface area contributed by atoms with Crippen LogP contribution in [-0.2, 0) is 0 Å². The minimum Gasteiger partial charge on any atom is -0.330 e. The Bertz CT molecular complexity index is 157. The highest BCUT2D eigenvalue weighted by molar-refractivity contribution is 4.86. The van der Waals surface area contributed by atoms with Gasteiger partial charge in [-0.3, -0.25) is 0 Å². The molecule has 2 N–H and O–H groups in total. The molecule has 0 heterocycles. The summed E-state index contributed by atoms with van der Waals surface area (Å²) in [6.45, 7) is 5.51. The first kappa shape index (κ1) is 13.0. The quantitative estimate of drug-likeness (QED) is 0.703. The Labute approximate surface area is 95.8 Å². The van der Waals surface area contributed by atoms with Crippen LogP contribution in [0.2, 0.25) is 0 Å². The van der Waals surface area contributed by atoms with E-state index in [1.54, 1.807) is 0 Å². The second-order valence-electron chi connectivity index (χ2n) is 5.54. The van der Waals surface area contributed by atoms with Crippen LogP contribution in [0.5, 0.6) is 0 Å². The molecule has 0 spiro atoms. The van der Waals surface area contributed by atoms with Crippen LogP contribution in [0.3, 0.4) is 0 Å². The Morgan fingerprint density at radius 2 is 1.80 bits per heavy atom. The number of hydrogen-bond acceptors (Lipinski definition) is 1. The predicted octanol–water partition coefficient (Wildman–Crippen LogP) is 4.11. The minimum atomic E-state index is 0.528. The number of rotatable bonds is 6. The van der Waals surface area contributed by atoms with Crippen molar-refractivity contribution in [2.24, 2.45) is 17.1 Å². The molecule has 1 heteroatoms. The lowest BCUT2D eigenvalue weighted by molar-refractivity contribution is 0.136. The van der Waals surface area contributed by atoms with Crippen molar-refractivity contribution >= 4 is 0 Å². The molecule has 90 valence electrons. The van der Waals surface area contributed by atoms with Crippen LogP contribution >= 0.6 is 0 Å². The van der Waals surface area contributed by atoms with Gasteiger partial charge in [0.15, 0.2) is 0 Å². The van der Waals surface area contributed by atoms with Gasteiger partial charge in [-0.25, -0.2) is 0 Å². The average molecular weight is 211 g/mol. The second kappa shape index (κ2) is 6.52. The summed E-state index contributed by atoms with van der Waals surface area (Å²) in [5.74, 6) is 1.01. The van der Waals surface area contributed by atoms with Gasteiger partial charge in [0.2, 0.25) is 0 Å². The Morgan fingerprint density at radius 3 is 2.27 bits per heavy atom. The van der Waals surface area contributed by atoms with Crippen molar-refractivity contribution < 1.29 is 0 Å². The Morgan fingerprint density at radius 1 is 1.13 bits per heavy atom. The molecule has 0 aromatic heterocycles. The zero-order chi connectivity index (χ0) is 11.1. The lowest BCUT2D eigenvalue weighted by Crippen LogP contribution is -2.34. The molecular weight excluding hydrogens is 182 g/mol. The zero-order valence-electron chi connectivity index (χ0n) is 10.7. The summed E-state index contributed by atoms with van der Waals surface area (Å²) in [4.78, 5) is 0. The van der Waals surface area contributed by atoms with Gasteiger partial charge in [0.05, 0.1) is 0 Å². The third kappa shape index (κ3) is 3.79. The fraction of sp³-hybridized carbons (Fsp3) is 1.00. The molecule has 1 fully saturated rings. The summed E-state index contributed by atoms with van der Waals surface area (Å²) in [6.07, 6.45) is 12.5. The molecule has 1 rings (SSSR count). The molecule has 0 aromatic rings. The highest BCUT2D eigenvalue weighted by atomic mass is 14.6. The van der Waals surface area contributed by atoms with Gasteiger partial charge in [-0.2, -0.15) is 0 Å². The van der Waals surface area contributed by atoms with Gasteiger partial charge in [-0.15, -0.1) is 0 Å². The largest absolute Gasteiger partial charge is 0.330 e. The highest BCUT2D eigenvalue weighted by Crippen LogP contribution is 2.43. The Hall–Kier alpha value is -0.0400. The molecule has 0 radical (unpaired) electrons. The van der Waals surface area contributed by atoms with E-state index in [1.165, 1.54) is 57.8 Å².